The van der Waals surface area contributed by atoms with Gasteiger partial charge in [-0.3, -0.25) is 9.39 Å². The minimum absolute atomic E-state index is 0.0296. The normalized spacial score (nSPS) is 12.8. The Balaban J connectivity index is 1.39. The van der Waals surface area contributed by atoms with Crippen molar-refractivity contribution in [1.82, 2.24) is 25.2 Å². The summed E-state index contributed by atoms with van der Waals surface area (Å²) < 4.78 is 8.02. The quantitative estimate of drug-likeness (QED) is 0.357. The Morgan fingerprint density at radius 1 is 1.14 bits per heavy atom. The van der Waals surface area contributed by atoms with Gasteiger partial charge in [0.15, 0.2) is 11.6 Å². The summed E-state index contributed by atoms with van der Waals surface area (Å²) in [6.07, 6.45) is 3.81. The first-order valence-electron chi connectivity index (χ1n) is 9.63. The molecule has 2 heterocycles. The van der Waals surface area contributed by atoms with Gasteiger partial charge in [-0.1, -0.05) is 24.3 Å². The molecular weight excluding hydrogens is 352 g/mol. The van der Waals surface area contributed by atoms with Crippen LogP contribution in [0.4, 0.5) is 0 Å². The van der Waals surface area contributed by atoms with Crippen LogP contribution in [0.3, 0.4) is 0 Å². The van der Waals surface area contributed by atoms with E-state index in [1.54, 1.807) is 7.05 Å². The van der Waals surface area contributed by atoms with Gasteiger partial charge in [-0.15, -0.1) is 10.2 Å². The molecule has 0 radical (unpaired) electrons. The Bertz CT molecular complexity index is 920. The van der Waals surface area contributed by atoms with Gasteiger partial charge in [0.2, 0.25) is 0 Å². The average Bonchev–Trinajstić information content (AvgIpc) is 3.12. The molecule has 0 aliphatic carbocycles. The predicted octanol–water partition coefficient (Wildman–Crippen LogP) is 2.60. The van der Waals surface area contributed by atoms with Gasteiger partial charge in [-0.05, 0) is 44.0 Å². The molecule has 0 saturated heterocycles. The summed E-state index contributed by atoms with van der Waals surface area (Å²) in [6.45, 7) is 5.56. The van der Waals surface area contributed by atoms with E-state index in [0.29, 0.717) is 6.54 Å². The summed E-state index contributed by atoms with van der Waals surface area (Å²) in [5.41, 5.74) is 2.02. The van der Waals surface area contributed by atoms with Gasteiger partial charge in [0.25, 0.3) is 0 Å². The number of ether oxygens (including phenoxy) is 1. The van der Waals surface area contributed by atoms with Crippen LogP contribution in [0.5, 0.6) is 5.75 Å². The van der Waals surface area contributed by atoms with Gasteiger partial charge in [-0.25, -0.2) is 0 Å². The van der Waals surface area contributed by atoms with Crippen LogP contribution in [0.25, 0.3) is 5.65 Å². The molecule has 2 N–H and O–H groups in total. The molecule has 1 aromatic carbocycles. The van der Waals surface area contributed by atoms with Gasteiger partial charge in [-0.2, -0.15) is 0 Å². The average molecular weight is 380 g/mol. The molecule has 3 rings (SSSR count). The van der Waals surface area contributed by atoms with E-state index >= 15 is 0 Å². The molecular formula is C21H28N6O. The topological polar surface area (TPSA) is 75.8 Å². The lowest BCUT2D eigenvalue weighted by Crippen LogP contribution is -2.42. The van der Waals surface area contributed by atoms with Gasteiger partial charge < -0.3 is 15.4 Å². The number of para-hydroxylation sites is 1. The first-order chi connectivity index (χ1) is 13.7. The lowest BCUT2D eigenvalue weighted by atomic mass is 10.2. The molecule has 0 amide bonds. The zero-order valence-corrected chi connectivity index (χ0v) is 16.7. The molecule has 0 spiro atoms. The Morgan fingerprint density at radius 2 is 1.96 bits per heavy atom. The van der Waals surface area contributed by atoms with Gasteiger partial charge in [0.05, 0.1) is 6.54 Å². The first-order valence-corrected chi connectivity index (χ1v) is 9.63. The molecule has 28 heavy (non-hydrogen) atoms. The Labute approximate surface area is 165 Å². The van der Waals surface area contributed by atoms with Crippen molar-refractivity contribution in [1.29, 1.82) is 0 Å². The van der Waals surface area contributed by atoms with Crippen LogP contribution in [0.2, 0.25) is 0 Å². The highest BCUT2D eigenvalue weighted by atomic mass is 16.5. The number of fused-ring (bicyclic) bond motifs is 1. The molecule has 7 nitrogen and oxygen atoms in total. The Morgan fingerprint density at radius 3 is 2.79 bits per heavy atom. The SMILES string of the molecule is CN=C(NCCCc1nnc2ccccn12)NCC(C)Oc1ccccc1C. The van der Waals surface area contributed by atoms with Crippen molar-refractivity contribution >= 4 is 11.6 Å². The van der Waals surface area contributed by atoms with Gasteiger partial charge in [0.1, 0.15) is 17.7 Å². The summed E-state index contributed by atoms with van der Waals surface area (Å²) in [4.78, 5) is 4.27. The minimum Gasteiger partial charge on any atom is -0.489 e. The highest BCUT2D eigenvalue weighted by molar-refractivity contribution is 5.79. The largest absolute Gasteiger partial charge is 0.489 e. The predicted molar refractivity (Wildman–Crippen MR) is 112 cm³/mol. The molecule has 148 valence electrons. The number of aryl methyl sites for hydroxylation is 2. The maximum absolute atomic E-state index is 5.99. The van der Waals surface area contributed by atoms with Crippen molar-refractivity contribution in [2.75, 3.05) is 20.1 Å². The third-order valence-corrected chi connectivity index (χ3v) is 4.46. The fraction of sp³-hybridized carbons (Fsp3) is 0.381. The van der Waals surface area contributed by atoms with Crippen LogP contribution < -0.4 is 15.4 Å². The van der Waals surface area contributed by atoms with E-state index < -0.39 is 0 Å². The highest BCUT2D eigenvalue weighted by Gasteiger charge is 2.08. The van der Waals surface area contributed by atoms with Crippen molar-refractivity contribution < 1.29 is 4.74 Å². The Hall–Kier alpha value is -3.09. The van der Waals surface area contributed by atoms with Crippen LogP contribution in [-0.4, -0.2) is 46.8 Å². The Kier molecular flexibility index (Phi) is 6.84. The van der Waals surface area contributed by atoms with E-state index in [9.17, 15) is 0 Å². The van der Waals surface area contributed by atoms with Crippen LogP contribution >= 0.6 is 0 Å². The standard InChI is InChI=1S/C21H28N6O/c1-16-9-4-5-10-18(16)28-17(2)15-24-21(22-3)23-13-8-12-20-26-25-19-11-6-7-14-27(19)20/h4-7,9-11,14,17H,8,12-13,15H2,1-3H3,(H2,22,23,24). The van der Waals surface area contributed by atoms with Crippen molar-refractivity contribution in [3.8, 4) is 5.75 Å². The number of pyridine rings is 1. The lowest BCUT2D eigenvalue weighted by Gasteiger charge is -2.18. The van der Waals surface area contributed by atoms with E-state index in [0.717, 1.165) is 48.1 Å². The number of hydrogen-bond donors (Lipinski definition) is 2. The number of aromatic nitrogens is 3. The molecule has 3 aromatic rings. The molecule has 7 heteroatoms. The van der Waals surface area contributed by atoms with E-state index in [4.69, 9.17) is 4.74 Å². The smallest absolute Gasteiger partial charge is 0.191 e. The zero-order valence-electron chi connectivity index (χ0n) is 16.7. The summed E-state index contributed by atoms with van der Waals surface area (Å²) >= 11 is 0. The van der Waals surface area contributed by atoms with E-state index in [1.165, 1.54) is 0 Å². The second-order valence-electron chi connectivity index (χ2n) is 6.72. The van der Waals surface area contributed by atoms with Crippen molar-refractivity contribution in [3.63, 3.8) is 0 Å². The molecule has 0 bridgehead atoms. The van der Waals surface area contributed by atoms with E-state index in [-0.39, 0.29) is 6.10 Å². The fourth-order valence-corrected chi connectivity index (χ4v) is 2.92. The number of guanidine groups is 1. The molecule has 1 unspecified atom stereocenters. The maximum Gasteiger partial charge on any atom is 0.191 e. The number of benzene rings is 1. The zero-order chi connectivity index (χ0) is 19.8. The molecule has 0 aliphatic rings. The summed E-state index contributed by atoms with van der Waals surface area (Å²) in [6, 6.07) is 14.0. The van der Waals surface area contributed by atoms with Crippen molar-refractivity contribution in [2.24, 2.45) is 4.99 Å². The molecule has 1 atom stereocenters. The first kappa shape index (κ1) is 19.7. The lowest BCUT2D eigenvalue weighted by molar-refractivity contribution is 0.222. The fourth-order valence-electron chi connectivity index (χ4n) is 2.92. The van der Waals surface area contributed by atoms with Crippen LogP contribution in [-0.2, 0) is 6.42 Å². The number of nitrogens with one attached hydrogen (secondary N) is 2. The summed E-state index contributed by atoms with van der Waals surface area (Å²) in [5, 5.41) is 15.1. The maximum atomic E-state index is 5.99. The van der Waals surface area contributed by atoms with Crippen molar-refractivity contribution in [3.05, 3.63) is 60.0 Å². The van der Waals surface area contributed by atoms with E-state index in [2.05, 4.69) is 38.8 Å². The highest BCUT2D eigenvalue weighted by Crippen LogP contribution is 2.17. The molecule has 0 saturated carbocycles. The number of rotatable bonds is 8. The van der Waals surface area contributed by atoms with Crippen molar-refractivity contribution in [2.45, 2.75) is 32.8 Å². The number of hydrogen-bond acceptors (Lipinski definition) is 4. The van der Waals surface area contributed by atoms with Crippen LogP contribution in [0, 0.1) is 6.92 Å². The minimum atomic E-state index is 0.0296. The van der Waals surface area contributed by atoms with Crippen LogP contribution in [0.1, 0.15) is 24.7 Å². The summed E-state index contributed by atoms with van der Waals surface area (Å²) in [5.74, 6) is 2.66. The van der Waals surface area contributed by atoms with Gasteiger partial charge >= 0.3 is 0 Å². The second-order valence-corrected chi connectivity index (χ2v) is 6.72. The third-order valence-electron chi connectivity index (χ3n) is 4.46. The summed E-state index contributed by atoms with van der Waals surface area (Å²) in [7, 11) is 1.77. The van der Waals surface area contributed by atoms with E-state index in [1.807, 2.05) is 53.9 Å². The second kappa shape index (κ2) is 9.73. The monoisotopic (exact) mass is 380 g/mol. The van der Waals surface area contributed by atoms with Crippen LogP contribution in [0.15, 0.2) is 53.7 Å². The molecule has 0 fully saturated rings. The molecule has 2 aromatic heterocycles. The number of aliphatic imine (C=N–C) groups is 1. The third kappa shape index (κ3) is 5.22. The number of nitrogens with zero attached hydrogens (tertiary/aromatic N) is 4. The van der Waals surface area contributed by atoms with Gasteiger partial charge in [0, 0.05) is 26.2 Å². The molecule has 0 aliphatic heterocycles.